The van der Waals surface area contributed by atoms with Gasteiger partial charge in [0.2, 0.25) is 5.89 Å². The summed E-state index contributed by atoms with van der Waals surface area (Å²) < 4.78 is 16.0. The number of oxazole rings is 1. The Bertz CT molecular complexity index is 1310. The van der Waals surface area contributed by atoms with Crippen molar-refractivity contribution in [2.45, 2.75) is 19.9 Å². The van der Waals surface area contributed by atoms with Gasteiger partial charge in [0.25, 0.3) is 11.8 Å². The molecule has 1 aromatic carbocycles. The zero-order chi connectivity index (χ0) is 24.8. The lowest BCUT2D eigenvalue weighted by Crippen LogP contribution is -2.33. The molecule has 0 radical (unpaired) electrons. The van der Waals surface area contributed by atoms with Crippen molar-refractivity contribution in [1.29, 1.82) is 0 Å². The van der Waals surface area contributed by atoms with Crippen LogP contribution in [0.5, 0.6) is 0 Å². The van der Waals surface area contributed by atoms with Gasteiger partial charge in [-0.1, -0.05) is 18.2 Å². The molecule has 0 atom stereocenters. The molecule has 180 valence electrons. The van der Waals surface area contributed by atoms with Gasteiger partial charge >= 0.3 is 5.97 Å². The number of benzene rings is 1. The fraction of sp³-hybridized carbons (Fsp3) is 0.200. The number of nitrogens with one attached hydrogen (secondary N) is 1. The minimum absolute atomic E-state index is 0.122. The van der Waals surface area contributed by atoms with E-state index in [9.17, 15) is 14.4 Å². The largest absolute Gasteiger partial charge is 0.467 e. The summed E-state index contributed by atoms with van der Waals surface area (Å²) in [5.41, 5.74) is 1.15. The number of furan rings is 1. The second-order valence-electron chi connectivity index (χ2n) is 7.57. The smallest absolute Gasteiger partial charge is 0.312 e. The van der Waals surface area contributed by atoms with Crippen molar-refractivity contribution in [1.82, 2.24) is 10.3 Å². The summed E-state index contributed by atoms with van der Waals surface area (Å²) in [4.78, 5) is 44.3. The molecule has 10 heteroatoms. The van der Waals surface area contributed by atoms with Crippen LogP contribution in [0.15, 0.2) is 69.0 Å². The number of carbonyl (C=O) groups is 3. The van der Waals surface area contributed by atoms with Crippen LogP contribution < -0.4 is 10.2 Å². The summed E-state index contributed by atoms with van der Waals surface area (Å²) in [6.45, 7) is 1.46. The van der Waals surface area contributed by atoms with Crippen molar-refractivity contribution in [3.8, 4) is 10.8 Å². The van der Waals surface area contributed by atoms with E-state index in [4.69, 9.17) is 13.6 Å². The Morgan fingerprint density at radius 2 is 1.94 bits per heavy atom. The summed E-state index contributed by atoms with van der Waals surface area (Å²) in [6.07, 6.45) is 1.40. The molecule has 9 nitrogen and oxygen atoms in total. The number of hydrogen-bond acceptors (Lipinski definition) is 8. The number of nitrogens with zero attached hydrogens (tertiary/aromatic N) is 2. The molecule has 0 bridgehead atoms. The topological polar surface area (TPSA) is 115 Å². The summed E-state index contributed by atoms with van der Waals surface area (Å²) in [5.74, 6) is 0.112. The first kappa shape index (κ1) is 24.0. The minimum atomic E-state index is -0.606. The lowest BCUT2D eigenvalue weighted by atomic mass is 10.1. The molecule has 3 aromatic heterocycles. The Balaban J connectivity index is 1.34. The molecule has 4 rings (SSSR count). The number of esters is 1. The van der Waals surface area contributed by atoms with Crippen molar-refractivity contribution in [2.24, 2.45) is 0 Å². The Labute approximate surface area is 205 Å². The van der Waals surface area contributed by atoms with E-state index < -0.39 is 18.5 Å². The summed E-state index contributed by atoms with van der Waals surface area (Å²) >= 11 is 1.48. The maximum Gasteiger partial charge on any atom is 0.312 e. The zero-order valence-electron chi connectivity index (χ0n) is 19.1. The lowest BCUT2D eigenvalue weighted by molar-refractivity contribution is -0.147. The van der Waals surface area contributed by atoms with Gasteiger partial charge in [-0.25, -0.2) is 4.98 Å². The van der Waals surface area contributed by atoms with Crippen molar-refractivity contribution in [3.05, 3.63) is 83.0 Å². The van der Waals surface area contributed by atoms with Gasteiger partial charge in [0.15, 0.2) is 6.61 Å². The van der Waals surface area contributed by atoms with Crippen molar-refractivity contribution in [3.63, 3.8) is 0 Å². The highest BCUT2D eigenvalue weighted by atomic mass is 32.1. The molecule has 35 heavy (non-hydrogen) atoms. The predicted octanol–water partition coefficient (Wildman–Crippen LogP) is 3.98. The van der Waals surface area contributed by atoms with Crippen LogP contribution in [0.1, 0.15) is 27.6 Å². The third kappa shape index (κ3) is 5.85. The van der Waals surface area contributed by atoms with E-state index in [2.05, 4.69) is 10.3 Å². The molecule has 0 saturated heterocycles. The number of aryl methyl sites for hydroxylation is 1. The fourth-order valence-corrected chi connectivity index (χ4v) is 3.94. The van der Waals surface area contributed by atoms with Gasteiger partial charge in [0.05, 0.1) is 41.1 Å². The first-order valence-electron chi connectivity index (χ1n) is 10.7. The monoisotopic (exact) mass is 493 g/mol. The fourth-order valence-electron chi connectivity index (χ4n) is 3.29. The number of thiophene rings is 1. The lowest BCUT2D eigenvalue weighted by Gasteiger charge is -2.20. The average molecular weight is 494 g/mol. The number of rotatable bonds is 9. The standard InChI is InChI=1S/C25H23N3O6S/c1-16-19(27-25(34-16)21-10-6-12-35-21)13-23(30)33-15-22(29)28(2)20-9-4-3-8-18(20)24(31)26-14-17-7-5-11-32-17/h3-12H,13-15H2,1-2H3,(H,26,31). The summed E-state index contributed by atoms with van der Waals surface area (Å²) in [7, 11) is 1.52. The van der Waals surface area contributed by atoms with E-state index in [1.54, 1.807) is 43.3 Å². The van der Waals surface area contributed by atoms with Gasteiger partial charge in [-0.2, -0.15) is 0 Å². The number of para-hydroxylation sites is 1. The molecule has 0 aliphatic carbocycles. The van der Waals surface area contributed by atoms with Crippen LogP contribution in [-0.2, 0) is 27.3 Å². The van der Waals surface area contributed by atoms with E-state index in [-0.39, 0.29) is 18.9 Å². The Morgan fingerprint density at radius 1 is 1.11 bits per heavy atom. The van der Waals surface area contributed by atoms with E-state index in [0.717, 1.165) is 4.88 Å². The summed E-state index contributed by atoms with van der Waals surface area (Å²) in [5, 5.41) is 4.67. The zero-order valence-corrected chi connectivity index (χ0v) is 20.0. The summed E-state index contributed by atoms with van der Waals surface area (Å²) in [6, 6.07) is 13.9. The van der Waals surface area contributed by atoms with Crippen LogP contribution in [0, 0.1) is 6.92 Å². The van der Waals surface area contributed by atoms with Crippen LogP contribution in [-0.4, -0.2) is 36.4 Å². The average Bonchev–Trinajstić information content (AvgIpc) is 3.64. The first-order valence-corrected chi connectivity index (χ1v) is 11.6. The normalized spacial score (nSPS) is 10.7. The number of anilines is 1. The molecular weight excluding hydrogens is 470 g/mol. The number of ether oxygens (including phenoxy) is 1. The van der Waals surface area contributed by atoms with Gasteiger partial charge < -0.3 is 23.8 Å². The molecule has 0 fully saturated rings. The first-order chi connectivity index (χ1) is 16.9. The minimum Gasteiger partial charge on any atom is -0.467 e. The molecule has 3 heterocycles. The third-order valence-electron chi connectivity index (χ3n) is 5.18. The maximum absolute atomic E-state index is 12.7. The Kier molecular flexibility index (Phi) is 7.41. The van der Waals surface area contributed by atoms with Gasteiger partial charge in [-0.3, -0.25) is 14.4 Å². The van der Waals surface area contributed by atoms with Crippen LogP contribution in [0.25, 0.3) is 10.8 Å². The number of likely N-dealkylation sites (N-methyl/N-ethyl adjacent to an activating group) is 1. The third-order valence-corrected chi connectivity index (χ3v) is 6.04. The number of amides is 2. The van der Waals surface area contributed by atoms with Crippen LogP contribution in [0.3, 0.4) is 0 Å². The van der Waals surface area contributed by atoms with Gasteiger partial charge in [-0.15, -0.1) is 11.3 Å². The Hall–Kier alpha value is -4.18. The van der Waals surface area contributed by atoms with Crippen LogP contribution in [0.4, 0.5) is 5.69 Å². The maximum atomic E-state index is 12.7. The number of aromatic nitrogens is 1. The number of hydrogen-bond donors (Lipinski definition) is 1. The molecule has 0 aliphatic heterocycles. The van der Waals surface area contributed by atoms with Crippen molar-refractivity contribution < 1.29 is 28.0 Å². The van der Waals surface area contributed by atoms with Gasteiger partial charge in [-0.05, 0) is 42.6 Å². The van der Waals surface area contributed by atoms with E-state index in [1.165, 1.54) is 29.5 Å². The van der Waals surface area contributed by atoms with Crippen molar-refractivity contribution in [2.75, 3.05) is 18.6 Å². The SMILES string of the molecule is Cc1oc(-c2cccs2)nc1CC(=O)OCC(=O)N(C)c1ccccc1C(=O)NCc1ccco1. The highest BCUT2D eigenvalue weighted by molar-refractivity contribution is 7.13. The second-order valence-corrected chi connectivity index (χ2v) is 8.52. The Morgan fingerprint density at radius 3 is 2.69 bits per heavy atom. The molecule has 0 unspecified atom stereocenters. The molecule has 0 spiro atoms. The van der Waals surface area contributed by atoms with Crippen LogP contribution in [0.2, 0.25) is 0 Å². The molecule has 0 aliphatic rings. The van der Waals surface area contributed by atoms with Crippen LogP contribution >= 0.6 is 11.3 Å². The molecule has 0 saturated carbocycles. The van der Waals surface area contributed by atoms with E-state index in [0.29, 0.717) is 34.4 Å². The molecule has 2 amide bonds. The van der Waals surface area contributed by atoms with Gasteiger partial charge in [0.1, 0.15) is 11.5 Å². The highest BCUT2D eigenvalue weighted by Crippen LogP contribution is 2.26. The van der Waals surface area contributed by atoms with E-state index >= 15 is 0 Å². The molecular formula is C25H23N3O6S. The highest BCUT2D eigenvalue weighted by Gasteiger charge is 2.21. The second kappa shape index (κ2) is 10.8. The number of carbonyl (C=O) groups excluding carboxylic acids is 3. The molecule has 1 N–H and O–H groups in total. The quantitative estimate of drug-likeness (QED) is 0.351. The molecule has 4 aromatic rings. The predicted molar refractivity (Wildman–Crippen MR) is 129 cm³/mol. The van der Waals surface area contributed by atoms with E-state index in [1.807, 2.05) is 17.5 Å². The van der Waals surface area contributed by atoms with Gasteiger partial charge in [0, 0.05) is 7.05 Å². The van der Waals surface area contributed by atoms with Crippen molar-refractivity contribution >= 4 is 34.8 Å².